The molecule has 1 aromatic carbocycles. The number of benzene rings is 1. The zero-order valence-corrected chi connectivity index (χ0v) is 13.0. The van der Waals surface area contributed by atoms with Crippen molar-refractivity contribution in [3.8, 4) is 5.69 Å². The average molecular weight is 313 g/mol. The van der Waals surface area contributed by atoms with E-state index in [1.54, 1.807) is 23.0 Å². The van der Waals surface area contributed by atoms with Gasteiger partial charge in [0.1, 0.15) is 6.04 Å². The third-order valence-corrected chi connectivity index (χ3v) is 4.24. The fraction of sp³-hybridized carbons (Fsp3) is 0.353. The van der Waals surface area contributed by atoms with Crippen LogP contribution in [0.25, 0.3) is 5.69 Å². The molecule has 0 bridgehead atoms. The molecule has 3 rings (SSSR count). The van der Waals surface area contributed by atoms with Gasteiger partial charge in [0, 0.05) is 24.0 Å². The van der Waals surface area contributed by atoms with Gasteiger partial charge in [-0.25, -0.2) is 9.48 Å². The second kappa shape index (κ2) is 6.24. The van der Waals surface area contributed by atoms with Crippen LogP contribution in [0.3, 0.4) is 0 Å². The Hall–Kier alpha value is -2.63. The molecule has 0 saturated carbocycles. The number of carboxylic acids is 1. The standard InChI is InChI=1S/C17H19N3O3/c1-12-9-10-18-20(12)14-7-5-13(6-8-14)16(21)19-11-3-2-4-15(19)17(22)23/h5-10,15H,2-4,11H2,1H3,(H,22,23). The zero-order chi connectivity index (χ0) is 16.4. The predicted octanol–water partition coefficient (Wildman–Crippen LogP) is 2.26. The molecule has 0 spiro atoms. The van der Waals surface area contributed by atoms with Gasteiger partial charge in [0.25, 0.3) is 5.91 Å². The van der Waals surface area contributed by atoms with Gasteiger partial charge in [0.05, 0.1) is 5.69 Å². The lowest BCUT2D eigenvalue weighted by molar-refractivity contribution is -0.143. The van der Waals surface area contributed by atoms with Crippen LogP contribution in [0.2, 0.25) is 0 Å². The second-order valence-corrected chi connectivity index (χ2v) is 5.78. The SMILES string of the molecule is Cc1ccnn1-c1ccc(C(=O)N2CCCCC2C(=O)O)cc1. The number of likely N-dealkylation sites (tertiary alicyclic amines) is 1. The number of aryl methyl sites for hydroxylation is 1. The van der Waals surface area contributed by atoms with Crippen molar-refractivity contribution in [2.75, 3.05) is 6.54 Å². The van der Waals surface area contributed by atoms with Crippen LogP contribution in [-0.2, 0) is 4.79 Å². The number of hydrogen-bond donors (Lipinski definition) is 1. The molecule has 1 fully saturated rings. The van der Waals surface area contributed by atoms with Gasteiger partial charge < -0.3 is 10.0 Å². The van der Waals surface area contributed by atoms with Crippen LogP contribution in [0.5, 0.6) is 0 Å². The molecule has 2 aromatic rings. The summed E-state index contributed by atoms with van der Waals surface area (Å²) in [5.74, 6) is -1.15. The van der Waals surface area contributed by atoms with Crippen LogP contribution in [0.1, 0.15) is 35.3 Å². The summed E-state index contributed by atoms with van der Waals surface area (Å²) in [5.41, 5.74) is 2.38. The minimum absolute atomic E-state index is 0.221. The maximum absolute atomic E-state index is 12.6. The summed E-state index contributed by atoms with van der Waals surface area (Å²) in [6.07, 6.45) is 3.93. The number of aromatic nitrogens is 2. The van der Waals surface area contributed by atoms with Gasteiger partial charge in [-0.15, -0.1) is 0 Å². The van der Waals surface area contributed by atoms with E-state index < -0.39 is 12.0 Å². The van der Waals surface area contributed by atoms with E-state index >= 15 is 0 Å². The van der Waals surface area contributed by atoms with Crippen molar-refractivity contribution in [1.82, 2.24) is 14.7 Å². The Morgan fingerprint density at radius 3 is 2.52 bits per heavy atom. The van der Waals surface area contributed by atoms with Crippen LogP contribution in [0, 0.1) is 6.92 Å². The summed E-state index contributed by atoms with van der Waals surface area (Å²) in [7, 11) is 0. The van der Waals surface area contributed by atoms with E-state index in [1.807, 2.05) is 25.1 Å². The largest absolute Gasteiger partial charge is 0.480 e. The van der Waals surface area contributed by atoms with E-state index in [-0.39, 0.29) is 5.91 Å². The topological polar surface area (TPSA) is 75.4 Å². The van der Waals surface area contributed by atoms with E-state index in [0.29, 0.717) is 18.5 Å². The fourth-order valence-corrected chi connectivity index (χ4v) is 2.98. The molecule has 1 atom stereocenters. The minimum atomic E-state index is -0.929. The van der Waals surface area contributed by atoms with Gasteiger partial charge in [0.15, 0.2) is 0 Å². The Morgan fingerprint density at radius 1 is 1.17 bits per heavy atom. The smallest absolute Gasteiger partial charge is 0.326 e. The third-order valence-electron chi connectivity index (χ3n) is 4.24. The normalized spacial score (nSPS) is 18.0. The summed E-state index contributed by atoms with van der Waals surface area (Å²) in [6, 6.07) is 8.30. The highest BCUT2D eigenvalue weighted by Crippen LogP contribution is 2.21. The number of carbonyl (C=O) groups is 2. The molecular weight excluding hydrogens is 294 g/mol. The van der Waals surface area contributed by atoms with E-state index in [0.717, 1.165) is 24.2 Å². The molecule has 6 nitrogen and oxygen atoms in total. The molecule has 1 aromatic heterocycles. The Morgan fingerprint density at radius 2 is 1.91 bits per heavy atom. The fourth-order valence-electron chi connectivity index (χ4n) is 2.98. The lowest BCUT2D eigenvalue weighted by Gasteiger charge is -2.33. The Bertz CT molecular complexity index is 721. The molecule has 1 unspecified atom stereocenters. The summed E-state index contributed by atoms with van der Waals surface area (Å²) in [6.45, 7) is 2.45. The van der Waals surface area contributed by atoms with Gasteiger partial charge >= 0.3 is 5.97 Å². The predicted molar refractivity (Wildman–Crippen MR) is 84.6 cm³/mol. The van der Waals surface area contributed by atoms with E-state index in [9.17, 15) is 14.7 Å². The number of rotatable bonds is 3. The molecule has 1 aliphatic heterocycles. The Kier molecular flexibility index (Phi) is 4.14. The first-order valence-electron chi connectivity index (χ1n) is 7.73. The monoisotopic (exact) mass is 313 g/mol. The lowest BCUT2D eigenvalue weighted by Crippen LogP contribution is -2.47. The van der Waals surface area contributed by atoms with Gasteiger partial charge in [-0.3, -0.25) is 4.79 Å². The maximum Gasteiger partial charge on any atom is 0.326 e. The highest BCUT2D eigenvalue weighted by Gasteiger charge is 2.32. The first-order valence-corrected chi connectivity index (χ1v) is 7.73. The van der Waals surface area contributed by atoms with Crippen molar-refractivity contribution >= 4 is 11.9 Å². The molecule has 0 radical (unpaired) electrons. The maximum atomic E-state index is 12.6. The lowest BCUT2D eigenvalue weighted by atomic mass is 10.0. The van der Waals surface area contributed by atoms with Gasteiger partial charge in [0.2, 0.25) is 0 Å². The number of carbonyl (C=O) groups excluding carboxylic acids is 1. The molecule has 2 heterocycles. The average Bonchev–Trinajstić information content (AvgIpc) is 3.00. The van der Waals surface area contributed by atoms with Gasteiger partial charge in [-0.1, -0.05) is 0 Å². The highest BCUT2D eigenvalue weighted by molar-refractivity contribution is 5.96. The van der Waals surface area contributed by atoms with E-state index in [4.69, 9.17) is 0 Å². The molecule has 6 heteroatoms. The molecule has 23 heavy (non-hydrogen) atoms. The van der Waals surface area contributed by atoms with Crippen molar-refractivity contribution in [3.63, 3.8) is 0 Å². The van der Waals surface area contributed by atoms with Crippen LogP contribution in [0.4, 0.5) is 0 Å². The van der Waals surface area contributed by atoms with Crippen LogP contribution in [-0.4, -0.2) is 44.3 Å². The van der Waals surface area contributed by atoms with Crippen LogP contribution < -0.4 is 0 Å². The number of nitrogens with zero attached hydrogens (tertiary/aromatic N) is 3. The zero-order valence-electron chi connectivity index (χ0n) is 13.0. The third kappa shape index (κ3) is 2.97. The number of amides is 1. The Balaban J connectivity index is 1.82. The van der Waals surface area contributed by atoms with Crippen molar-refractivity contribution in [2.45, 2.75) is 32.2 Å². The Labute approximate surface area is 134 Å². The number of hydrogen-bond acceptors (Lipinski definition) is 3. The van der Waals surface area contributed by atoms with Gasteiger partial charge in [-0.2, -0.15) is 5.10 Å². The van der Waals surface area contributed by atoms with E-state index in [1.165, 1.54) is 4.90 Å². The second-order valence-electron chi connectivity index (χ2n) is 5.78. The van der Waals surface area contributed by atoms with Gasteiger partial charge in [-0.05, 0) is 56.5 Å². The minimum Gasteiger partial charge on any atom is -0.480 e. The highest BCUT2D eigenvalue weighted by atomic mass is 16.4. The van der Waals surface area contributed by atoms with Crippen LogP contribution in [0.15, 0.2) is 36.5 Å². The molecule has 120 valence electrons. The number of carboxylic acid groups (broad SMARTS) is 1. The molecular formula is C17H19N3O3. The summed E-state index contributed by atoms with van der Waals surface area (Å²) >= 11 is 0. The first kappa shape index (κ1) is 15.3. The van der Waals surface area contributed by atoms with Crippen molar-refractivity contribution in [2.24, 2.45) is 0 Å². The van der Waals surface area contributed by atoms with E-state index in [2.05, 4.69) is 5.10 Å². The summed E-state index contributed by atoms with van der Waals surface area (Å²) in [4.78, 5) is 25.4. The first-order chi connectivity index (χ1) is 11.1. The number of aliphatic carboxylic acids is 1. The van der Waals surface area contributed by atoms with Crippen molar-refractivity contribution in [1.29, 1.82) is 0 Å². The molecule has 1 aliphatic rings. The summed E-state index contributed by atoms with van der Waals surface area (Å²) in [5, 5.41) is 13.5. The molecule has 1 N–H and O–H groups in total. The molecule has 1 amide bonds. The number of piperidine rings is 1. The molecule has 0 aliphatic carbocycles. The van der Waals surface area contributed by atoms with Crippen LogP contribution >= 0.6 is 0 Å². The quantitative estimate of drug-likeness (QED) is 0.943. The van der Waals surface area contributed by atoms with Crippen molar-refractivity contribution < 1.29 is 14.7 Å². The molecule has 1 saturated heterocycles. The summed E-state index contributed by atoms with van der Waals surface area (Å²) < 4.78 is 1.79. The van der Waals surface area contributed by atoms with Crippen molar-refractivity contribution in [3.05, 3.63) is 47.8 Å².